The molecule has 0 aliphatic rings. The van der Waals surface area contributed by atoms with Gasteiger partial charge in [0.25, 0.3) is 5.91 Å². The maximum absolute atomic E-state index is 12.1. The van der Waals surface area contributed by atoms with Crippen LogP contribution in [0.25, 0.3) is 0 Å². The molecule has 0 aliphatic heterocycles. The van der Waals surface area contributed by atoms with Crippen molar-refractivity contribution in [3.05, 3.63) is 58.6 Å². The fourth-order valence-electron chi connectivity index (χ4n) is 2.08. The lowest BCUT2D eigenvalue weighted by Gasteiger charge is -2.11. The SMILES string of the molecule is Cc1ccccc1OCCNC(=O)c1ccc(NS(C)(=O)=O)c(Cl)c1. The first-order valence-corrected chi connectivity index (χ1v) is 9.77. The van der Waals surface area contributed by atoms with E-state index in [1.807, 2.05) is 31.2 Å². The van der Waals surface area contributed by atoms with E-state index in [1.54, 1.807) is 0 Å². The second-order valence-corrected chi connectivity index (χ2v) is 7.59. The topological polar surface area (TPSA) is 84.5 Å². The van der Waals surface area contributed by atoms with Gasteiger partial charge in [-0.25, -0.2) is 8.42 Å². The summed E-state index contributed by atoms with van der Waals surface area (Å²) < 4.78 is 30.3. The molecule has 2 aromatic carbocycles. The lowest BCUT2D eigenvalue weighted by molar-refractivity contribution is 0.0947. The number of carbonyl (C=O) groups excluding carboxylic acids is 1. The first kappa shape index (κ1) is 19.1. The maximum atomic E-state index is 12.1. The molecule has 25 heavy (non-hydrogen) atoms. The molecule has 6 nitrogen and oxygen atoms in total. The summed E-state index contributed by atoms with van der Waals surface area (Å²) in [6.07, 6.45) is 1.03. The summed E-state index contributed by atoms with van der Waals surface area (Å²) in [5.41, 5.74) is 1.58. The number of hydrogen-bond acceptors (Lipinski definition) is 4. The quantitative estimate of drug-likeness (QED) is 0.721. The van der Waals surface area contributed by atoms with Crippen molar-refractivity contribution in [2.45, 2.75) is 6.92 Å². The molecule has 0 saturated heterocycles. The number of nitrogens with one attached hydrogen (secondary N) is 2. The van der Waals surface area contributed by atoms with Crippen molar-refractivity contribution in [2.24, 2.45) is 0 Å². The van der Waals surface area contributed by atoms with Gasteiger partial charge in [-0.05, 0) is 36.8 Å². The van der Waals surface area contributed by atoms with Gasteiger partial charge in [-0.3, -0.25) is 9.52 Å². The lowest BCUT2D eigenvalue weighted by atomic mass is 10.2. The molecule has 0 aromatic heterocycles. The molecule has 0 heterocycles. The number of ether oxygens (including phenoxy) is 1. The van der Waals surface area contributed by atoms with E-state index < -0.39 is 10.0 Å². The summed E-state index contributed by atoms with van der Waals surface area (Å²) in [6.45, 7) is 2.61. The van der Waals surface area contributed by atoms with E-state index in [2.05, 4.69) is 10.0 Å². The number of aryl methyl sites for hydroxylation is 1. The number of halogens is 1. The molecule has 0 atom stereocenters. The fraction of sp³-hybridized carbons (Fsp3) is 0.235. The van der Waals surface area contributed by atoms with Crippen molar-refractivity contribution in [3.8, 4) is 5.75 Å². The molecule has 0 bridgehead atoms. The Kier molecular flexibility index (Phi) is 6.27. The Morgan fingerprint density at radius 1 is 1.20 bits per heavy atom. The van der Waals surface area contributed by atoms with E-state index in [4.69, 9.17) is 16.3 Å². The zero-order valence-electron chi connectivity index (χ0n) is 13.9. The number of para-hydroxylation sites is 1. The summed E-state index contributed by atoms with van der Waals surface area (Å²) in [6, 6.07) is 12.0. The van der Waals surface area contributed by atoms with E-state index >= 15 is 0 Å². The molecule has 8 heteroatoms. The van der Waals surface area contributed by atoms with E-state index in [1.165, 1.54) is 18.2 Å². The molecule has 0 fully saturated rings. The summed E-state index contributed by atoms with van der Waals surface area (Å²) >= 11 is 6.01. The Bertz CT molecular complexity index is 869. The van der Waals surface area contributed by atoms with Gasteiger partial charge in [-0.1, -0.05) is 29.8 Å². The van der Waals surface area contributed by atoms with Crippen LogP contribution in [0.2, 0.25) is 5.02 Å². The molecule has 0 aliphatic carbocycles. The number of sulfonamides is 1. The van der Waals surface area contributed by atoms with Crippen molar-refractivity contribution in [2.75, 3.05) is 24.1 Å². The first-order valence-electron chi connectivity index (χ1n) is 7.50. The molecule has 1 amide bonds. The zero-order valence-corrected chi connectivity index (χ0v) is 15.4. The van der Waals surface area contributed by atoms with Crippen LogP contribution in [-0.4, -0.2) is 33.7 Å². The fourth-order valence-corrected chi connectivity index (χ4v) is 2.95. The minimum absolute atomic E-state index is 0.147. The predicted molar refractivity (Wildman–Crippen MR) is 98.9 cm³/mol. The molecular weight excluding hydrogens is 364 g/mol. The molecule has 2 aromatic rings. The number of carbonyl (C=O) groups is 1. The summed E-state index contributed by atoms with van der Waals surface area (Å²) in [5.74, 6) is 0.456. The minimum atomic E-state index is -3.43. The Balaban J connectivity index is 1.88. The average molecular weight is 383 g/mol. The van der Waals surface area contributed by atoms with Crippen LogP contribution in [-0.2, 0) is 10.0 Å². The van der Waals surface area contributed by atoms with Gasteiger partial charge in [0.05, 0.1) is 23.5 Å². The maximum Gasteiger partial charge on any atom is 0.251 e. The highest BCUT2D eigenvalue weighted by molar-refractivity contribution is 7.92. The molecule has 2 N–H and O–H groups in total. The summed E-state index contributed by atoms with van der Waals surface area (Å²) in [4.78, 5) is 12.1. The van der Waals surface area contributed by atoms with Crippen LogP contribution in [0.5, 0.6) is 5.75 Å². The second kappa shape index (κ2) is 8.22. The van der Waals surface area contributed by atoms with E-state index in [-0.39, 0.29) is 16.6 Å². The zero-order chi connectivity index (χ0) is 18.4. The van der Waals surface area contributed by atoms with Crippen LogP contribution in [0.4, 0.5) is 5.69 Å². The Labute approximate surface area is 152 Å². The van der Waals surface area contributed by atoms with Gasteiger partial charge in [-0.2, -0.15) is 0 Å². The van der Waals surface area contributed by atoms with Crippen molar-refractivity contribution in [1.82, 2.24) is 5.32 Å². The van der Waals surface area contributed by atoms with Crippen molar-refractivity contribution >= 4 is 33.2 Å². The van der Waals surface area contributed by atoms with Crippen molar-refractivity contribution in [3.63, 3.8) is 0 Å². The average Bonchev–Trinajstić information content (AvgIpc) is 2.53. The molecule has 0 radical (unpaired) electrons. The number of hydrogen-bond donors (Lipinski definition) is 2. The molecule has 2 rings (SSSR count). The molecule has 0 spiro atoms. The predicted octanol–water partition coefficient (Wildman–Crippen LogP) is 2.83. The third kappa shape index (κ3) is 5.95. The Morgan fingerprint density at radius 3 is 2.56 bits per heavy atom. The van der Waals surface area contributed by atoms with Gasteiger partial charge in [0, 0.05) is 5.56 Å². The van der Waals surface area contributed by atoms with Gasteiger partial charge in [0.15, 0.2) is 0 Å². The van der Waals surface area contributed by atoms with Crippen molar-refractivity contribution < 1.29 is 17.9 Å². The third-order valence-corrected chi connectivity index (χ3v) is 4.17. The van der Waals surface area contributed by atoms with Crippen LogP contribution in [0.1, 0.15) is 15.9 Å². The standard InChI is InChI=1S/C17H19ClN2O4S/c1-12-5-3-4-6-16(12)24-10-9-19-17(21)13-7-8-15(14(18)11-13)20-25(2,22)23/h3-8,11,20H,9-10H2,1-2H3,(H,19,21). The molecular formula is C17H19ClN2O4S. The summed E-state index contributed by atoms with van der Waals surface area (Å²) in [5, 5.41) is 2.87. The lowest BCUT2D eigenvalue weighted by Crippen LogP contribution is -2.28. The van der Waals surface area contributed by atoms with Gasteiger partial charge < -0.3 is 10.1 Å². The largest absolute Gasteiger partial charge is 0.491 e. The van der Waals surface area contributed by atoms with Gasteiger partial charge in [-0.15, -0.1) is 0 Å². The van der Waals surface area contributed by atoms with Gasteiger partial charge >= 0.3 is 0 Å². The Morgan fingerprint density at radius 2 is 1.92 bits per heavy atom. The monoisotopic (exact) mass is 382 g/mol. The number of amides is 1. The molecule has 0 saturated carbocycles. The van der Waals surface area contributed by atoms with Crippen molar-refractivity contribution in [1.29, 1.82) is 0 Å². The van der Waals surface area contributed by atoms with E-state index in [9.17, 15) is 13.2 Å². The first-order chi connectivity index (χ1) is 11.8. The number of anilines is 1. The van der Waals surface area contributed by atoms with Gasteiger partial charge in [0.1, 0.15) is 12.4 Å². The van der Waals surface area contributed by atoms with Crippen LogP contribution < -0.4 is 14.8 Å². The molecule has 0 unspecified atom stereocenters. The summed E-state index contributed by atoms with van der Waals surface area (Å²) in [7, 11) is -3.43. The second-order valence-electron chi connectivity index (χ2n) is 5.44. The Hall–Kier alpha value is -2.25. The van der Waals surface area contributed by atoms with Crippen LogP contribution in [0, 0.1) is 6.92 Å². The van der Waals surface area contributed by atoms with Crippen LogP contribution >= 0.6 is 11.6 Å². The van der Waals surface area contributed by atoms with Crippen LogP contribution in [0.15, 0.2) is 42.5 Å². The highest BCUT2D eigenvalue weighted by Gasteiger charge is 2.11. The highest BCUT2D eigenvalue weighted by atomic mass is 35.5. The van der Waals surface area contributed by atoms with E-state index in [0.717, 1.165) is 17.6 Å². The smallest absolute Gasteiger partial charge is 0.251 e. The minimum Gasteiger partial charge on any atom is -0.491 e. The molecule has 134 valence electrons. The van der Waals surface area contributed by atoms with Gasteiger partial charge in [0.2, 0.25) is 10.0 Å². The normalized spacial score (nSPS) is 11.0. The number of rotatable bonds is 7. The third-order valence-electron chi connectivity index (χ3n) is 3.27. The highest BCUT2D eigenvalue weighted by Crippen LogP contribution is 2.23. The van der Waals surface area contributed by atoms with E-state index in [0.29, 0.717) is 18.7 Å². The number of benzene rings is 2. The van der Waals surface area contributed by atoms with Crippen LogP contribution in [0.3, 0.4) is 0 Å².